The fourth-order valence-electron chi connectivity index (χ4n) is 2.04. The molecule has 1 aromatic carbocycles. The van der Waals surface area contributed by atoms with E-state index in [9.17, 15) is 0 Å². The summed E-state index contributed by atoms with van der Waals surface area (Å²) in [5.74, 6) is 0.918. The Morgan fingerprint density at radius 3 is 2.50 bits per heavy atom. The van der Waals surface area contributed by atoms with Gasteiger partial charge < -0.3 is 0 Å². The highest BCUT2D eigenvalue weighted by atomic mass is 35.5. The minimum atomic E-state index is 0.336. The Balaban J connectivity index is 1.79. The van der Waals surface area contributed by atoms with Crippen molar-refractivity contribution in [1.29, 1.82) is 0 Å². The summed E-state index contributed by atoms with van der Waals surface area (Å²) in [5.41, 5.74) is 1.37. The van der Waals surface area contributed by atoms with Crippen molar-refractivity contribution >= 4 is 11.6 Å². The first-order chi connectivity index (χ1) is 6.84. The number of hydrogen-bond donors (Lipinski definition) is 0. The molecule has 1 aliphatic rings. The second-order valence-corrected chi connectivity index (χ2v) is 4.94. The maximum atomic E-state index is 6.32. The first-order valence-corrected chi connectivity index (χ1v) is 5.96. The van der Waals surface area contributed by atoms with E-state index in [1.165, 1.54) is 31.2 Å². The molecule has 76 valence electrons. The summed E-state index contributed by atoms with van der Waals surface area (Å²) < 4.78 is 0. The van der Waals surface area contributed by atoms with Crippen molar-refractivity contribution < 1.29 is 0 Å². The van der Waals surface area contributed by atoms with Crippen molar-refractivity contribution in [3.8, 4) is 0 Å². The summed E-state index contributed by atoms with van der Waals surface area (Å²) in [6, 6.07) is 10.6. The van der Waals surface area contributed by atoms with Gasteiger partial charge in [-0.3, -0.25) is 0 Å². The van der Waals surface area contributed by atoms with Crippen LogP contribution in [0.4, 0.5) is 0 Å². The van der Waals surface area contributed by atoms with Crippen LogP contribution in [0.5, 0.6) is 0 Å². The minimum Gasteiger partial charge on any atom is -0.123 e. The lowest BCUT2D eigenvalue weighted by Gasteiger charge is -2.27. The second kappa shape index (κ2) is 4.84. The lowest BCUT2D eigenvalue weighted by atomic mass is 9.81. The largest absolute Gasteiger partial charge is 0.123 e. The molecule has 0 aliphatic heterocycles. The standard InChI is InChI=1S/C13H17Cl/c14-13(10-12-7-4-8-12)9-11-5-2-1-3-6-11/h1-3,5-6,12-13H,4,7-10H2. The summed E-state index contributed by atoms with van der Waals surface area (Å²) >= 11 is 6.32. The smallest absolute Gasteiger partial charge is 0.0379 e. The average Bonchev–Trinajstić information content (AvgIpc) is 2.13. The van der Waals surface area contributed by atoms with Gasteiger partial charge >= 0.3 is 0 Å². The highest BCUT2D eigenvalue weighted by Crippen LogP contribution is 2.32. The second-order valence-electron chi connectivity index (χ2n) is 4.32. The van der Waals surface area contributed by atoms with Gasteiger partial charge in [0, 0.05) is 5.38 Å². The number of halogens is 1. The van der Waals surface area contributed by atoms with Crippen LogP contribution in [0.3, 0.4) is 0 Å². The molecular weight excluding hydrogens is 192 g/mol. The molecule has 1 aliphatic carbocycles. The van der Waals surface area contributed by atoms with Crippen molar-refractivity contribution in [2.45, 2.75) is 37.5 Å². The van der Waals surface area contributed by atoms with E-state index in [4.69, 9.17) is 11.6 Å². The molecule has 1 fully saturated rings. The molecule has 0 spiro atoms. The Morgan fingerprint density at radius 1 is 1.21 bits per heavy atom. The molecule has 0 nitrogen and oxygen atoms in total. The fourth-order valence-corrected chi connectivity index (χ4v) is 2.47. The Labute approximate surface area is 91.3 Å². The highest BCUT2D eigenvalue weighted by Gasteiger charge is 2.20. The van der Waals surface area contributed by atoms with E-state index in [1.807, 2.05) is 0 Å². The normalized spacial score (nSPS) is 18.9. The van der Waals surface area contributed by atoms with E-state index in [0.29, 0.717) is 5.38 Å². The van der Waals surface area contributed by atoms with Crippen LogP contribution >= 0.6 is 11.6 Å². The van der Waals surface area contributed by atoms with Crippen LogP contribution in [0.25, 0.3) is 0 Å². The molecule has 0 N–H and O–H groups in total. The van der Waals surface area contributed by atoms with Gasteiger partial charge in [-0.15, -0.1) is 11.6 Å². The van der Waals surface area contributed by atoms with Crippen molar-refractivity contribution in [2.75, 3.05) is 0 Å². The number of hydrogen-bond acceptors (Lipinski definition) is 0. The molecule has 1 heteroatoms. The highest BCUT2D eigenvalue weighted by molar-refractivity contribution is 6.20. The summed E-state index contributed by atoms with van der Waals surface area (Å²) in [7, 11) is 0. The van der Waals surface area contributed by atoms with Crippen molar-refractivity contribution in [3.05, 3.63) is 35.9 Å². The Kier molecular flexibility index (Phi) is 3.47. The Bertz CT molecular complexity index is 264. The molecular formula is C13H17Cl. The molecule has 1 aromatic rings. The first-order valence-electron chi connectivity index (χ1n) is 5.52. The molecule has 2 rings (SSSR count). The zero-order chi connectivity index (χ0) is 9.80. The van der Waals surface area contributed by atoms with Gasteiger partial charge in [0.1, 0.15) is 0 Å². The lowest BCUT2D eigenvalue weighted by Crippen LogP contribution is -2.17. The van der Waals surface area contributed by atoms with Gasteiger partial charge in [0.05, 0.1) is 0 Å². The summed E-state index contributed by atoms with van der Waals surface area (Å²) in [4.78, 5) is 0. The zero-order valence-corrected chi connectivity index (χ0v) is 9.21. The molecule has 1 saturated carbocycles. The van der Waals surface area contributed by atoms with Gasteiger partial charge in [0.25, 0.3) is 0 Å². The molecule has 0 amide bonds. The maximum Gasteiger partial charge on any atom is 0.0379 e. The fraction of sp³-hybridized carbons (Fsp3) is 0.538. The number of alkyl halides is 1. The molecule has 1 unspecified atom stereocenters. The molecule has 0 saturated heterocycles. The summed E-state index contributed by atoms with van der Waals surface area (Å²) in [6.45, 7) is 0. The third kappa shape index (κ3) is 2.75. The summed E-state index contributed by atoms with van der Waals surface area (Å²) in [6.07, 6.45) is 6.45. The van der Waals surface area contributed by atoms with E-state index in [2.05, 4.69) is 30.3 Å². The van der Waals surface area contributed by atoms with Crippen LogP contribution in [0.2, 0.25) is 0 Å². The van der Waals surface area contributed by atoms with E-state index in [-0.39, 0.29) is 0 Å². The molecule has 14 heavy (non-hydrogen) atoms. The molecule has 0 radical (unpaired) electrons. The predicted molar refractivity (Wildman–Crippen MR) is 61.7 cm³/mol. The van der Waals surface area contributed by atoms with Gasteiger partial charge in [-0.25, -0.2) is 0 Å². The Hall–Kier alpha value is -0.490. The quantitative estimate of drug-likeness (QED) is 0.656. The predicted octanol–water partition coefficient (Wildman–Crippen LogP) is 4.03. The molecule has 1 atom stereocenters. The maximum absolute atomic E-state index is 6.32. The third-order valence-electron chi connectivity index (χ3n) is 3.11. The van der Waals surface area contributed by atoms with Crippen molar-refractivity contribution in [3.63, 3.8) is 0 Å². The van der Waals surface area contributed by atoms with E-state index < -0.39 is 0 Å². The number of benzene rings is 1. The van der Waals surface area contributed by atoms with Crippen molar-refractivity contribution in [1.82, 2.24) is 0 Å². The van der Waals surface area contributed by atoms with Crippen LogP contribution in [-0.2, 0) is 6.42 Å². The molecule has 0 heterocycles. The monoisotopic (exact) mass is 208 g/mol. The van der Waals surface area contributed by atoms with E-state index >= 15 is 0 Å². The molecule has 0 aromatic heterocycles. The van der Waals surface area contributed by atoms with Crippen LogP contribution in [-0.4, -0.2) is 5.38 Å². The Morgan fingerprint density at radius 2 is 1.93 bits per heavy atom. The lowest BCUT2D eigenvalue weighted by molar-refractivity contribution is 0.292. The van der Waals surface area contributed by atoms with Gasteiger partial charge in [-0.1, -0.05) is 49.6 Å². The number of rotatable bonds is 4. The van der Waals surface area contributed by atoms with Crippen LogP contribution in [0.15, 0.2) is 30.3 Å². The average molecular weight is 209 g/mol. The van der Waals surface area contributed by atoms with E-state index in [0.717, 1.165) is 12.3 Å². The zero-order valence-electron chi connectivity index (χ0n) is 8.45. The van der Waals surface area contributed by atoms with Gasteiger partial charge in [-0.2, -0.15) is 0 Å². The van der Waals surface area contributed by atoms with E-state index in [1.54, 1.807) is 0 Å². The minimum absolute atomic E-state index is 0.336. The first kappa shape index (κ1) is 10.0. The van der Waals surface area contributed by atoms with Crippen molar-refractivity contribution in [2.24, 2.45) is 5.92 Å². The van der Waals surface area contributed by atoms with Crippen LogP contribution in [0.1, 0.15) is 31.2 Å². The van der Waals surface area contributed by atoms with Crippen LogP contribution < -0.4 is 0 Å². The van der Waals surface area contributed by atoms with Gasteiger partial charge in [0.2, 0.25) is 0 Å². The SMILES string of the molecule is ClC(Cc1ccccc1)CC1CCC1. The molecule has 0 bridgehead atoms. The van der Waals surface area contributed by atoms with Gasteiger partial charge in [-0.05, 0) is 24.3 Å². The third-order valence-corrected chi connectivity index (χ3v) is 3.45. The topological polar surface area (TPSA) is 0 Å². The van der Waals surface area contributed by atoms with Gasteiger partial charge in [0.15, 0.2) is 0 Å². The van der Waals surface area contributed by atoms with Crippen LogP contribution in [0, 0.1) is 5.92 Å². The summed E-state index contributed by atoms with van der Waals surface area (Å²) in [5, 5.41) is 0.336.